The maximum atomic E-state index is 13.3. The highest BCUT2D eigenvalue weighted by atomic mass is 16.5. The Morgan fingerprint density at radius 2 is 1.93 bits per heavy atom. The molecule has 0 aliphatic heterocycles. The number of aromatic nitrogens is 1. The number of aliphatic hydroxyl groups excluding tert-OH is 3. The summed E-state index contributed by atoms with van der Waals surface area (Å²) in [6, 6.07) is 12.5. The number of nitrogens with one attached hydrogen (secondary N) is 1. The molecular formula is C23H22N2O5. The molecule has 0 bridgehead atoms. The summed E-state index contributed by atoms with van der Waals surface area (Å²) in [5.74, 6) is 0.350. The molecule has 0 unspecified atom stereocenters. The van der Waals surface area contributed by atoms with Gasteiger partial charge in [0.15, 0.2) is 5.78 Å². The Labute approximate surface area is 173 Å². The van der Waals surface area contributed by atoms with Crippen LogP contribution in [0, 0.1) is 11.3 Å². The molecule has 0 spiro atoms. The average Bonchev–Trinajstić information content (AvgIpc) is 3.15. The van der Waals surface area contributed by atoms with Crippen LogP contribution in [0.2, 0.25) is 0 Å². The van der Waals surface area contributed by atoms with Crippen LogP contribution in [0.5, 0.6) is 5.75 Å². The summed E-state index contributed by atoms with van der Waals surface area (Å²) in [4.78, 5) is 16.6. The summed E-state index contributed by atoms with van der Waals surface area (Å²) in [5, 5.41) is 38.2. The fourth-order valence-corrected chi connectivity index (χ4v) is 3.98. The highest BCUT2D eigenvalue weighted by Crippen LogP contribution is 2.44. The van der Waals surface area contributed by atoms with Crippen LogP contribution >= 0.6 is 0 Å². The van der Waals surface area contributed by atoms with Crippen molar-refractivity contribution in [3.63, 3.8) is 0 Å². The van der Waals surface area contributed by atoms with E-state index in [1.54, 1.807) is 36.4 Å². The van der Waals surface area contributed by atoms with Crippen molar-refractivity contribution in [2.45, 2.75) is 31.5 Å². The van der Waals surface area contributed by atoms with Gasteiger partial charge in [0.1, 0.15) is 24.6 Å². The van der Waals surface area contributed by atoms with Gasteiger partial charge in [0, 0.05) is 27.6 Å². The first-order valence-corrected chi connectivity index (χ1v) is 9.63. The summed E-state index contributed by atoms with van der Waals surface area (Å²) >= 11 is 0. The van der Waals surface area contributed by atoms with Crippen molar-refractivity contribution in [2.24, 2.45) is 0 Å². The van der Waals surface area contributed by atoms with Crippen LogP contribution in [0.25, 0.3) is 10.9 Å². The molecule has 1 aromatic heterocycles. The Hall–Kier alpha value is -3.18. The highest BCUT2D eigenvalue weighted by molar-refractivity contribution is 6.20. The zero-order chi connectivity index (χ0) is 21.6. The molecule has 154 valence electrons. The van der Waals surface area contributed by atoms with E-state index in [1.165, 1.54) is 0 Å². The van der Waals surface area contributed by atoms with Crippen molar-refractivity contribution in [2.75, 3.05) is 13.2 Å². The van der Waals surface area contributed by atoms with Crippen LogP contribution in [-0.4, -0.2) is 51.5 Å². The Morgan fingerprint density at radius 3 is 2.63 bits per heavy atom. The molecule has 0 saturated carbocycles. The Morgan fingerprint density at radius 1 is 1.17 bits per heavy atom. The molecule has 4 rings (SSSR count). The van der Waals surface area contributed by atoms with E-state index in [9.17, 15) is 20.3 Å². The van der Waals surface area contributed by atoms with Crippen LogP contribution in [0.3, 0.4) is 0 Å². The van der Waals surface area contributed by atoms with Gasteiger partial charge < -0.3 is 25.0 Å². The Balaban J connectivity index is 1.75. The molecule has 1 aliphatic rings. The third-order valence-corrected chi connectivity index (χ3v) is 5.74. The molecular weight excluding hydrogens is 384 g/mol. The summed E-state index contributed by atoms with van der Waals surface area (Å²) in [6.45, 7) is 3.26. The lowest BCUT2D eigenvalue weighted by Crippen LogP contribution is -2.34. The number of aromatic amines is 1. The van der Waals surface area contributed by atoms with Crippen molar-refractivity contribution >= 4 is 16.7 Å². The summed E-state index contributed by atoms with van der Waals surface area (Å²) in [5.41, 5.74) is 3.46. The molecule has 0 radical (unpaired) electrons. The van der Waals surface area contributed by atoms with E-state index in [-0.39, 0.29) is 12.4 Å². The summed E-state index contributed by atoms with van der Waals surface area (Å²) < 4.78 is 5.58. The average molecular weight is 406 g/mol. The molecule has 3 aromatic rings. The van der Waals surface area contributed by atoms with Gasteiger partial charge in [-0.25, -0.2) is 0 Å². The number of nitriles is 1. The molecule has 30 heavy (non-hydrogen) atoms. The molecule has 2 atom stereocenters. The molecule has 0 saturated heterocycles. The van der Waals surface area contributed by atoms with E-state index in [1.807, 2.05) is 13.8 Å². The van der Waals surface area contributed by atoms with Crippen LogP contribution in [0.4, 0.5) is 0 Å². The van der Waals surface area contributed by atoms with Crippen LogP contribution in [0.15, 0.2) is 36.4 Å². The van der Waals surface area contributed by atoms with E-state index < -0.39 is 24.2 Å². The number of hydrogen-bond acceptors (Lipinski definition) is 6. The maximum absolute atomic E-state index is 13.3. The van der Waals surface area contributed by atoms with Gasteiger partial charge in [0.2, 0.25) is 0 Å². The minimum Gasteiger partial charge on any atom is -0.491 e. The van der Waals surface area contributed by atoms with E-state index in [2.05, 4.69) is 11.1 Å². The Kier molecular flexibility index (Phi) is 4.86. The second-order valence-electron chi connectivity index (χ2n) is 8.04. The fraction of sp³-hybridized carbons (Fsp3) is 0.304. The zero-order valence-corrected chi connectivity index (χ0v) is 16.6. The molecule has 0 amide bonds. The summed E-state index contributed by atoms with van der Waals surface area (Å²) in [7, 11) is 0. The van der Waals surface area contributed by atoms with Crippen molar-refractivity contribution < 1.29 is 24.9 Å². The van der Waals surface area contributed by atoms with E-state index in [0.717, 1.165) is 22.2 Å². The number of carbonyl (C=O) groups is 1. The smallest absolute Gasteiger partial charge is 0.195 e. The van der Waals surface area contributed by atoms with Gasteiger partial charge in [0.25, 0.3) is 0 Å². The van der Waals surface area contributed by atoms with Gasteiger partial charge in [-0.05, 0) is 35.9 Å². The summed E-state index contributed by atoms with van der Waals surface area (Å²) in [6.07, 6.45) is -2.51. The van der Waals surface area contributed by atoms with Crippen molar-refractivity contribution in [1.29, 1.82) is 5.26 Å². The molecule has 7 heteroatoms. The first kappa shape index (κ1) is 20.1. The second-order valence-corrected chi connectivity index (χ2v) is 8.04. The lowest BCUT2D eigenvalue weighted by Gasteiger charge is -2.32. The normalized spacial score (nSPS) is 16.5. The third kappa shape index (κ3) is 3.06. The number of hydrogen-bond donors (Lipinski definition) is 4. The minimum atomic E-state index is -1.28. The number of ether oxygens (including phenoxy) is 1. The SMILES string of the molecule is CC1(C)c2cc(OC[C@@H](O)[C@H](O)CO)ccc2C(=O)c2c1[nH]c1cc(C#N)ccc21. The predicted molar refractivity (Wildman–Crippen MR) is 110 cm³/mol. The van der Waals surface area contributed by atoms with Crippen molar-refractivity contribution in [3.05, 3.63) is 64.3 Å². The Bertz CT molecular complexity index is 1190. The number of benzene rings is 2. The van der Waals surface area contributed by atoms with Crippen molar-refractivity contribution in [3.8, 4) is 11.8 Å². The van der Waals surface area contributed by atoms with Gasteiger partial charge in [-0.2, -0.15) is 5.26 Å². The molecule has 4 N–H and O–H groups in total. The van der Waals surface area contributed by atoms with Crippen LogP contribution in [0.1, 0.15) is 46.6 Å². The lowest BCUT2D eigenvalue weighted by atomic mass is 9.71. The van der Waals surface area contributed by atoms with Crippen molar-refractivity contribution in [1.82, 2.24) is 4.98 Å². The van der Waals surface area contributed by atoms with Gasteiger partial charge >= 0.3 is 0 Å². The number of ketones is 1. The molecule has 0 fully saturated rings. The van der Waals surface area contributed by atoms with E-state index in [0.29, 0.717) is 22.4 Å². The monoisotopic (exact) mass is 406 g/mol. The standard InChI is InChI=1S/C23H22N2O5/c1-23(2)16-8-13(30-11-19(28)18(27)10-26)4-6-14(16)21(29)20-15-5-3-12(9-24)7-17(15)25-22(20)23/h3-8,18-19,25-28H,10-11H2,1-2H3/t18-,19-/m1/s1. The molecule has 1 heterocycles. The number of aliphatic hydroxyl groups is 3. The largest absolute Gasteiger partial charge is 0.491 e. The van der Waals surface area contributed by atoms with Gasteiger partial charge in [-0.1, -0.05) is 19.9 Å². The maximum Gasteiger partial charge on any atom is 0.195 e. The topological polar surface area (TPSA) is 127 Å². The van der Waals surface area contributed by atoms with Gasteiger partial charge in [0.05, 0.1) is 23.8 Å². The van der Waals surface area contributed by atoms with E-state index >= 15 is 0 Å². The van der Waals surface area contributed by atoms with Crippen LogP contribution in [-0.2, 0) is 5.41 Å². The van der Waals surface area contributed by atoms with Crippen LogP contribution < -0.4 is 4.74 Å². The zero-order valence-electron chi connectivity index (χ0n) is 16.6. The minimum absolute atomic E-state index is 0.0995. The highest BCUT2D eigenvalue weighted by Gasteiger charge is 2.39. The predicted octanol–water partition coefficient (Wildman–Crippen LogP) is 2.00. The quantitative estimate of drug-likeness (QED) is 0.513. The van der Waals surface area contributed by atoms with E-state index in [4.69, 9.17) is 9.84 Å². The lowest BCUT2D eigenvalue weighted by molar-refractivity contribution is -0.0339. The van der Waals surface area contributed by atoms with Gasteiger partial charge in [-0.15, -0.1) is 0 Å². The third-order valence-electron chi connectivity index (χ3n) is 5.74. The second kappa shape index (κ2) is 7.26. The number of H-pyrrole nitrogens is 1. The molecule has 7 nitrogen and oxygen atoms in total. The number of rotatable bonds is 5. The first-order valence-electron chi connectivity index (χ1n) is 9.63. The fourth-order valence-electron chi connectivity index (χ4n) is 3.98. The number of nitrogens with zero attached hydrogens (tertiary/aromatic N) is 1. The first-order chi connectivity index (χ1) is 14.3. The molecule has 1 aliphatic carbocycles. The number of fused-ring (bicyclic) bond motifs is 4. The molecule has 2 aromatic carbocycles. The number of carbonyl (C=O) groups excluding carboxylic acids is 1. The van der Waals surface area contributed by atoms with Gasteiger partial charge in [-0.3, -0.25) is 4.79 Å².